The van der Waals surface area contributed by atoms with Gasteiger partial charge in [-0.25, -0.2) is 0 Å². The lowest BCUT2D eigenvalue weighted by atomic mass is 9.79. The lowest BCUT2D eigenvalue weighted by Gasteiger charge is -2.53. The van der Waals surface area contributed by atoms with Crippen LogP contribution in [0.2, 0.25) is 0 Å². The molecular weight excluding hydrogens is 420 g/mol. The van der Waals surface area contributed by atoms with Gasteiger partial charge in [0.1, 0.15) is 11.5 Å². The highest BCUT2D eigenvalue weighted by Gasteiger charge is 2.57. The first-order valence-corrected chi connectivity index (χ1v) is 11.5. The molecule has 1 atom stereocenters. The van der Waals surface area contributed by atoms with Gasteiger partial charge >= 0.3 is 0 Å². The first-order chi connectivity index (χ1) is 16.1. The van der Waals surface area contributed by atoms with Crippen molar-refractivity contribution in [1.82, 2.24) is 9.80 Å². The zero-order valence-electron chi connectivity index (χ0n) is 19.0. The van der Waals surface area contributed by atoms with E-state index < -0.39 is 5.72 Å². The number of hydrogen-bond donors (Lipinski definition) is 1. The fourth-order valence-corrected chi connectivity index (χ4v) is 5.79. The number of rotatable bonds is 5. The van der Waals surface area contributed by atoms with E-state index in [1.165, 1.54) is 0 Å². The van der Waals surface area contributed by atoms with E-state index in [-0.39, 0.29) is 5.91 Å². The number of fused-ring (bicyclic) bond motifs is 3. The number of ether oxygens (including phenoxy) is 2. The van der Waals surface area contributed by atoms with Crippen LogP contribution in [0.15, 0.2) is 41.6 Å². The number of carbonyl (C=O) groups is 1. The summed E-state index contributed by atoms with van der Waals surface area (Å²) in [5.41, 5.74) is 3.25. The standard InChI is InChI=1S/C25H28N4O4/c1-31-19-7-6-17(21(13-19)32-2)14-29-24(20-5-3-4-16-12-22(30)26-23(16)20)27-33-25(29)15-28-10-8-18(25)9-11-28/h3-7,13,18H,8-12,14-15H2,1-2H3,(H,26,30). The minimum atomic E-state index is -0.526. The number of piperidine rings is 3. The van der Waals surface area contributed by atoms with Gasteiger partial charge in [0.05, 0.1) is 39.4 Å². The van der Waals surface area contributed by atoms with Crippen LogP contribution in [0.3, 0.4) is 0 Å². The average Bonchev–Trinajstić information content (AvgIpc) is 3.40. The quantitative estimate of drug-likeness (QED) is 0.758. The summed E-state index contributed by atoms with van der Waals surface area (Å²) in [5.74, 6) is 2.69. The number of nitrogens with zero attached hydrogens (tertiary/aromatic N) is 3. The molecule has 5 aliphatic rings. The van der Waals surface area contributed by atoms with E-state index in [4.69, 9.17) is 14.3 Å². The van der Waals surface area contributed by atoms with Crippen molar-refractivity contribution in [1.29, 1.82) is 0 Å². The maximum absolute atomic E-state index is 12.2. The van der Waals surface area contributed by atoms with Gasteiger partial charge in [0.15, 0.2) is 5.84 Å². The fourth-order valence-electron chi connectivity index (χ4n) is 5.79. The van der Waals surface area contributed by atoms with E-state index in [1.54, 1.807) is 14.2 Å². The number of nitrogens with one attached hydrogen (secondary N) is 1. The average molecular weight is 449 g/mol. The number of carbonyl (C=O) groups excluding carboxylic acids is 1. The van der Waals surface area contributed by atoms with Crippen LogP contribution in [0.5, 0.6) is 11.5 Å². The molecule has 0 saturated carbocycles. The lowest BCUT2D eigenvalue weighted by molar-refractivity contribution is -0.198. The minimum Gasteiger partial charge on any atom is -0.497 e. The maximum Gasteiger partial charge on any atom is 0.228 e. The Bertz CT molecular complexity index is 1140. The summed E-state index contributed by atoms with van der Waals surface area (Å²) in [5, 5.41) is 7.71. The Morgan fingerprint density at radius 1 is 1.18 bits per heavy atom. The van der Waals surface area contributed by atoms with Gasteiger partial charge in [-0.15, -0.1) is 0 Å². The van der Waals surface area contributed by atoms with Gasteiger partial charge < -0.3 is 24.5 Å². The molecule has 7 rings (SSSR count). The fraction of sp³-hybridized carbons (Fsp3) is 0.440. The van der Waals surface area contributed by atoms with Crippen LogP contribution < -0.4 is 14.8 Å². The Kier molecular flexibility index (Phi) is 4.72. The van der Waals surface area contributed by atoms with Gasteiger partial charge in [0.25, 0.3) is 0 Å². The first-order valence-electron chi connectivity index (χ1n) is 11.5. The molecule has 5 aliphatic heterocycles. The summed E-state index contributed by atoms with van der Waals surface area (Å²) < 4.78 is 11.1. The molecule has 33 heavy (non-hydrogen) atoms. The van der Waals surface area contributed by atoms with Crippen molar-refractivity contribution < 1.29 is 19.1 Å². The number of amidine groups is 1. The van der Waals surface area contributed by atoms with Crippen molar-refractivity contribution in [3.63, 3.8) is 0 Å². The first kappa shape index (κ1) is 20.4. The Morgan fingerprint density at radius 2 is 2.03 bits per heavy atom. The predicted octanol–water partition coefficient (Wildman–Crippen LogP) is 2.81. The number of amides is 1. The molecule has 0 aromatic heterocycles. The highest BCUT2D eigenvalue weighted by Crippen LogP contribution is 2.46. The van der Waals surface area contributed by atoms with Crippen molar-refractivity contribution in [2.45, 2.75) is 31.5 Å². The number of methoxy groups -OCH3 is 2. The second-order valence-corrected chi connectivity index (χ2v) is 9.23. The molecule has 5 heterocycles. The zero-order chi connectivity index (χ0) is 22.6. The molecule has 1 amide bonds. The van der Waals surface area contributed by atoms with E-state index in [1.807, 2.05) is 36.4 Å². The molecule has 2 bridgehead atoms. The summed E-state index contributed by atoms with van der Waals surface area (Å²) in [6.07, 6.45) is 2.57. The minimum absolute atomic E-state index is 0.0119. The SMILES string of the molecule is COc1ccc(CN2C(c3cccc4c3NC(=O)C4)=NOC23CN2CCC3CC2)c(OC)c1. The highest BCUT2D eigenvalue weighted by atomic mass is 16.7. The van der Waals surface area contributed by atoms with Crippen molar-refractivity contribution in [2.24, 2.45) is 11.1 Å². The monoisotopic (exact) mass is 448 g/mol. The molecule has 0 aliphatic carbocycles. The van der Waals surface area contributed by atoms with Crippen molar-refractivity contribution in [3.8, 4) is 11.5 Å². The lowest BCUT2D eigenvalue weighted by Crippen LogP contribution is -2.66. The third-order valence-corrected chi connectivity index (χ3v) is 7.51. The topological polar surface area (TPSA) is 75.6 Å². The molecule has 3 fully saturated rings. The van der Waals surface area contributed by atoms with Crippen molar-refractivity contribution in [3.05, 3.63) is 53.1 Å². The van der Waals surface area contributed by atoms with Gasteiger partial charge in [-0.2, -0.15) is 0 Å². The van der Waals surface area contributed by atoms with Crippen LogP contribution in [0.1, 0.15) is 29.5 Å². The molecule has 1 spiro atoms. The Morgan fingerprint density at radius 3 is 2.76 bits per heavy atom. The van der Waals surface area contributed by atoms with Gasteiger partial charge in [-0.05, 0) is 49.7 Å². The smallest absolute Gasteiger partial charge is 0.228 e. The predicted molar refractivity (Wildman–Crippen MR) is 123 cm³/mol. The van der Waals surface area contributed by atoms with Crippen molar-refractivity contribution in [2.75, 3.05) is 39.2 Å². The van der Waals surface area contributed by atoms with E-state index >= 15 is 0 Å². The molecule has 0 radical (unpaired) electrons. The van der Waals surface area contributed by atoms with Gasteiger partial charge in [0.2, 0.25) is 11.6 Å². The molecule has 2 aromatic rings. The Labute approximate surface area is 193 Å². The molecule has 1 N–H and O–H groups in total. The van der Waals surface area contributed by atoms with Gasteiger partial charge in [-0.3, -0.25) is 9.69 Å². The van der Waals surface area contributed by atoms with Crippen LogP contribution in [0.25, 0.3) is 0 Å². The molecule has 8 nitrogen and oxygen atoms in total. The normalized spacial score (nSPS) is 27.3. The van der Waals surface area contributed by atoms with E-state index in [0.717, 1.165) is 72.2 Å². The van der Waals surface area contributed by atoms with Gasteiger partial charge in [0, 0.05) is 23.1 Å². The molecule has 8 heteroatoms. The third kappa shape index (κ3) is 3.15. The largest absolute Gasteiger partial charge is 0.497 e. The van der Waals surface area contributed by atoms with Crippen LogP contribution in [0, 0.1) is 5.92 Å². The summed E-state index contributed by atoms with van der Waals surface area (Å²) in [6.45, 7) is 3.58. The maximum atomic E-state index is 12.2. The van der Waals surface area contributed by atoms with Crippen molar-refractivity contribution >= 4 is 17.4 Å². The molecule has 1 unspecified atom stereocenters. The highest BCUT2D eigenvalue weighted by molar-refractivity contribution is 6.11. The Hall–Kier alpha value is -3.26. The van der Waals surface area contributed by atoms with E-state index in [0.29, 0.717) is 18.9 Å². The van der Waals surface area contributed by atoms with Crippen LogP contribution in [-0.2, 0) is 22.6 Å². The second-order valence-electron chi connectivity index (χ2n) is 9.23. The molecular formula is C25H28N4O4. The number of oxime groups is 1. The summed E-state index contributed by atoms with van der Waals surface area (Å²) in [6, 6.07) is 11.9. The summed E-state index contributed by atoms with van der Waals surface area (Å²) >= 11 is 0. The van der Waals surface area contributed by atoms with E-state index in [9.17, 15) is 4.79 Å². The molecule has 2 aromatic carbocycles. The number of para-hydroxylation sites is 1. The van der Waals surface area contributed by atoms with Crippen LogP contribution in [-0.4, -0.2) is 61.1 Å². The van der Waals surface area contributed by atoms with E-state index in [2.05, 4.69) is 20.3 Å². The van der Waals surface area contributed by atoms with Gasteiger partial charge in [-0.1, -0.05) is 17.3 Å². The number of hydrogen-bond acceptors (Lipinski definition) is 7. The summed E-state index contributed by atoms with van der Waals surface area (Å²) in [7, 11) is 3.33. The number of anilines is 1. The summed E-state index contributed by atoms with van der Waals surface area (Å²) in [4.78, 5) is 23.3. The zero-order valence-corrected chi connectivity index (χ0v) is 19.0. The molecule has 3 saturated heterocycles. The Balaban J connectivity index is 1.43. The van der Waals surface area contributed by atoms with Crippen LogP contribution in [0.4, 0.5) is 5.69 Å². The second kappa shape index (κ2) is 7.66. The van der Waals surface area contributed by atoms with Crippen LogP contribution >= 0.6 is 0 Å². The third-order valence-electron chi connectivity index (χ3n) is 7.51. The molecule has 172 valence electrons. The number of benzene rings is 2.